The third kappa shape index (κ3) is 7.84. The van der Waals surface area contributed by atoms with Crippen LogP contribution in [0.4, 0.5) is 0 Å². The van der Waals surface area contributed by atoms with E-state index in [-0.39, 0.29) is 11.9 Å². The van der Waals surface area contributed by atoms with Crippen LogP contribution in [0.2, 0.25) is 0 Å². The average Bonchev–Trinajstić information content (AvgIpc) is 3.34. The molecule has 1 N–H and O–H groups in total. The molecule has 2 aromatic heterocycles. The molecule has 1 amide bonds. The number of hydrogen-bond acceptors (Lipinski definition) is 4. The van der Waals surface area contributed by atoms with Crippen LogP contribution in [0.1, 0.15) is 69.8 Å². The van der Waals surface area contributed by atoms with E-state index in [1.165, 1.54) is 38.5 Å². The molecule has 2 rings (SSSR count). The van der Waals surface area contributed by atoms with Gasteiger partial charge >= 0.3 is 0 Å². The van der Waals surface area contributed by atoms with E-state index in [2.05, 4.69) is 41.2 Å². The zero-order valence-corrected chi connectivity index (χ0v) is 17.7. The molecule has 0 saturated carbocycles. The van der Waals surface area contributed by atoms with Crippen molar-refractivity contribution in [1.82, 2.24) is 29.8 Å². The second-order valence-corrected chi connectivity index (χ2v) is 7.52. The fourth-order valence-corrected chi connectivity index (χ4v) is 3.29. The number of hydrogen-bond donors (Lipinski definition) is 1. The van der Waals surface area contributed by atoms with Crippen LogP contribution < -0.4 is 5.32 Å². The summed E-state index contributed by atoms with van der Waals surface area (Å²) in [5, 5.41) is 11.6. The van der Waals surface area contributed by atoms with E-state index in [0.717, 1.165) is 19.6 Å². The van der Waals surface area contributed by atoms with Gasteiger partial charge in [0.05, 0.1) is 0 Å². The Hall–Kier alpha value is -2.15. The Morgan fingerprint density at radius 2 is 1.82 bits per heavy atom. The second kappa shape index (κ2) is 12.3. The Morgan fingerprint density at radius 1 is 1.11 bits per heavy atom. The molecule has 0 radical (unpaired) electrons. The molecule has 2 heterocycles. The van der Waals surface area contributed by atoms with Gasteiger partial charge in [-0.25, -0.2) is 0 Å². The molecule has 1 atom stereocenters. The lowest BCUT2D eigenvalue weighted by Crippen LogP contribution is -2.42. The minimum Gasteiger partial charge on any atom is -0.347 e. The number of carbonyl (C=O) groups is 1. The topological polar surface area (TPSA) is 68.0 Å². The minimum absolute atomic E-state index is 0.0898. The first-order valence-electron chi connectivity index (χ1n) is 10.7. The Kier molecular flexibility index (Phi) is 9.76. The zero-order chi connectivity index (χ0) is 20.2. The van der Waals surface area contributed by atoms with Crippen LogP contribution in [0, 0.1) is 0 Å². The van der Waals surface area contributed by atoms with Crippen molar-refractivity contribution in [2.45, 2.75) is 72.0 Å². The summed E-state index contributed by atoms with van der Waals surface area (Å²) in [7, 11) is 0. The SMILES string of the molecule is CCCCCN(CCCCC)CC(C)NC(=O)c1ccn(Cn2cccn2)n1. The van der Waals surface area contributed by atoms with Crippen LogP contribution in [-0.2, 0) is 6.67 Å². The Morgan fingerprint density at radius 3 is 2.43 bits per heavy atom. The lowest BCUT2D eigenvalue weighted by molar-refractivity contribution is 0.0922. The molecule has 156 valence electrons. The van der Waals surface area contributed by atoms with Gasteiger partial charge in [0.25, 0.3) is 5.91 Å². The van der Waals surface area contributed by atoms with Gasteiger partial charge in [0.2, 0.25) is 0 Å². The van der Waals surface area contributed by atoms with Gasteiger partial charge in [0.1, 0.15) is 12.4 Å². The van der Waals surface area contributed by atoms with E-state index in [4.69, 9.17) is 0 Å². The Balaban J connectivity index is 1.82. The van der Waals surface area contributed by atoms with Gasteiger partial charge in [0, 0.05) is 31.2 Å². The molecular weight excluding hydrogens is 352 g/mol. The molecule has 1 unspecified atom stereocenters. The van der Waals surface area contributed by atoms with Gasteiger partial charge in [0.15, 0.2) is 0 Å². The highest BCUT2D eigenvalue weighted by Crippen LogP contribution is 2.05. The number of amides is 1. The van der Waals surface area contributed by atoms with E-state index >= 15 is 0 Å². The molecule has 7 nitrogen and oxygen atoms in total. The maximum Gasteiger partial charge on any atom is 0.272 e. The van der Waals surface area contributed by atoms with E-state index in [1.54, 1.807) is 21.6 Å². The van der Waals surface area contributed by atoms with Crippen molar-refractivity contribution >= 4 is 5.91 Å². The molecule has 0 aliphatic rings. The highest BCUT2D eigenvalue weighted by Gasteiger charge is 2.15. The maximum absolute atomic E-state index is 12.5. The van der Waals surface area contributed by atoms with E-state index in [0.29, 0.717) is 12.4 Å². The summed E-state index contributed by atoms with van der Waals surface area (Å²) in [6, 6.07) is 3.71. The van der Waals surface area contributed by atoms with Gasteiger partial charge in [-0.15, -0.1) is 0 Å². The van der Waals surface area contributed by atoms with Crippen molar-refractivity contribution in [1.29, 1.82) is 0 Å². The average molecular weight is 389 g/mol. The monoisotopic (exact) mass is 388 g/mol. The predicted octanol–water partition coefficient (Wildman–Crippen LogP) is 3.39. The fourth-order valence-electron chi connectivity index (χ4n) is 3.29. The van der Waals surface area contributed by atoms with Crippen molar-refractivity contribution in [2.24, 2.45) is 0 Å². The fraction of sp³-hybridized carbons (Fsp3) is 0.667. The minimum atomic E-state index is -0.117. The summed E-state index contributed by atoms with van der Waals surface area (Å²) in [5.41, 5.74) is 0.447. The summed E-state index contributed by atoms with van der Waals surface area (Å²) in [6.45, 7) is 10.1. The number of nitrogens with zero attached hydrogens (tertiary/aromatic N) is 5. The molecular formula is C21H36N6O. The third-order valence-electron chi connectivity index (χ3n) is 4.79. The van der Waals surface area contributed by atoms with Gasteiger partial charge in [-0.1, -0.05) is 39.5 Å². The number of nitrogens with one attached hydrogen (secondary N) is 1. The summed E-state index contributed by atoms with van der Waals surface area (Å²) in [5.74, 6) is -0.117. The van der Waals surface area contributed by atoms with Crippen LogP contribution in [0.15, 0.2) is 30.7 Å². The van der Waals surface area contributed by atoms with Crippen molar-refractivity contribution in [3.05, 3.63) is 36.4 Å². The number of rotatable bonds is 14. The first-order valence-corrected chi connectivity index (χ1v) is 10.7. The lowest BCUT2D eigenvalue weighted by atomic mass is 10.2. The predicted molar refractivity (Wildman–Crippen MR) is 112 cm³/mol. The summed E-state index contributed by atoms with van der Waals surface area (Å²) < 4.78 is 3.48. The lowest BCUT2D eigenvalue weighted by Gasteiger charge is -2.26. The summed E-state index contributed by atoms with van der Waals surface area (Å²) in [6.07, 6.45) is 12.8. The van der Waals surface area contributed by atoms with Gasteiger partial charge < -0.3 is 10.2 Å². The molecule has 0 saturated heterocycles. The number of unbranched alkanes of at least 4 members (excludes halogenated alkanes) is 4. The molecule has 2 aromatic rings. The first-order chi connectivity index (χ1) is 13.6. The highest BCUT2D eigenvalue weighted by atomic mass is 16.2. The number of aromatic nitrogens is 4. The van der Waals surface area contributed by atoms with E-state index in [1.807, 2.05) is 18.5 Å². The molecule has 0 aliphatic carbocycles. The normalized spacial score (nSPS) is 12.4. The first kappa shape index (κ1) is 22.1. The molecule has 7 heteroatoms. The van der Waals surface area contributed by atoms with E-state index in [9.17, 15) is 4.79 Å². The quantitative estimate of drug-likeness (QED) is 0.504. The van der Waals surface area contributed by atoms with Crippen molar-refractivity contribution in [3.63, 3.8) is 0 Å². The van der Waals surface area contributed by atoms with Crippen LogP contribution >= 0.6 is 0 Å². The van der Waals surface area contributed by atoms with Gasteiger partial charge in [-0.3, -0.25) is 14.2 Å². The molecule has 28 heavy (non-hydrogen) atoms. The summed E-state index contributed by atoms with van der Waals surface area (Å²) >= 11 is 0. The highest BCUT2D eigenvalue weighted by molar-refractivity contribution is 5.92. The standard InChI is InChI=1S/C21H36N6O/c1-4-6-8-13-25(14-9-7-5-2)17-19(3)23-21(28)20-11-16-27(24-20)18-26-15-10-12-22-26/h10-12,15-16,19H,4-9,13-14,17-18H2,1-3H3,(H,23,28). The van der Waals surface area contributed by atoms with Crippen LogP contribution in [-0.4, -0.2) is 56.0 Å². The molecule has 0 aromatic carbocycles. The largest absolute Gasteiger partial charge is 0.347 e. The molecule has 0 spiro atoms. The van der Waals surface area contributed by atoms with Crippen LogP contribution in [0.25, 0.3) is 0 Å². The zero-order valence-electron chi connectivity index (χ0n) is 17.7. The van der Waals surface area contributed by atoms with Gasteiger partial charge in [-0.05, 0) is 45.0 Å². The van der Waals surface area contributed by atoms with Gasteiger partial charge in [-0.2, -0.15) is 10.2 Å². The van der Waals surface area contributed by atoms with E-state index < -0.39 is 0 Å². The number of carbonyl (C=O) groups excluding carboxylic acids is 1. The Bertz CT molecular complexity index is 656. The third-order valence-corrected chi connectivity index (χ3v) is 4.79. The Labute approximate surface area is 169 Å². The van der Waals surface area contributed by atoms with Crippen molar-refractivity contribution < 1.29 is 4.79 Å². The van der Waals surface area contributed by atoms with Crippen molar-refractivity contribution in [2.75, 3.05) is 19.6 Å². The molecule has 0 fully saturated rings. The summed E-state index contributed by atoms with van der Waals surface area (Å²) in [4.78, 5) is 15.0. The molecule has 0 aliphatic heterocycles. The van der Waals surface area contributed by atoms with Crippen molar-refractivity contribution in [3.8, 4) is 0 Å². The van der Waals surface area contributed by atoms with Crippen LogP contribution in [0.3, 0.4) is 0 Å². The maximum atomic E-state index is 12.5. The smallest absolute Gasteiger partial charge is 0.272 e. The molecule has 0 bridgehead atoms. The van der Waals surface area contributed by atoms with Crippen LogP contribution in [0.5, 0.6) is 0 Å². The second-order valence-electron chi connectivity index (χ2n) is 7.52.